The molecule has 0 saturated carbocycles. The molecule has 2 heterocycles. The van der Waals surface area contributed by atoms with Gasteiger partial charge in [-0.15, -0.1) is 0 Å². The van der Waals surface area contributed by atoms with E-state index in [0.717, 1.165) is 38.8 Å². The van der Waals surface area contributed by atoms with E-state index in [-0.39, 0.29) is 10.2 Å². The smallest absolute Gasteiger partial charge is 0.285 e. The number of aryl methyl sites for hydroxylation is 1. The summed E-state index contributed by atoms with van der Waals surface area (Å²) in [4.78, 5) is 26.3. The van der Waals surface area contributed by atoms with Gasteiger partial charge in [0.05, 0.1) is 4.91 Å². The summed E-state index contributed by atoms with van der Waals surface area (Å²) in [7, 11) is 1.96. The lowest BCUT2D eigenvalue weighted by atomic mass is 10.1. The van der Waals surface area contributed by atoms with Gasteiger partial charge in [0.2, 0.25) is 0 Å². The van der Waals surface area contributed by atoms with Gasteiger partial charge >= 0.3 is 0 Å². The van der Waals surface area contributed by atoms with Crippen LogP contribution in [0.5, 0.6) is 5.75 Å². The molecule has 2 amide bonds. The Bertz CT molecular complexity index is 1460. The van der Waals surface area contributed by atoms with E-state index in [4.69, 9.17) is 17.0 Å². The molecular weight excluding hydrogens is 478 g/mol. The maximum atomic E-state index is 13.0. The molecule has 0 spiro atoms. The van der Waals surface area contributed by atoms with Crippen LogP contribution >= 0.6 is 24.0 Å². The number of aromatic nitrogens is 1. The van der Waals surface area contributed by atoms with Gasteiger partial charge in [-0.05, 0) is 54.2 Å². The third kappa shape index (κ3) is 4.84. The summed E-state index contributed by atoms with van der Waals surface area (Å²) in [6.45, 7) is 0.436. The molecule has 4 aromatic rings. The number of carbonyl (C=O) groups excluding carboxylic acids is 2. The molecule has 1 saturated heterocycles. The van der Waals surface area contributed by atoms with E-state index in [1.54, 1.807) is 24.3 Å². The van der Waals surface area contributed by atoms with Gasteiger partial charge < -0.3 is 9.30 Å². The number of para-hydroxylation sites is 1. The average Bonchev–Trinajstić information content (AvgIpc) is 3.34. The fourth-order valence-electron chi connectivity index (χ4n) is 3.80. The second-order valence-electron chi connectivity index (χ2n) is 7.97. The number of thioether (sulfide) groups is 1. The second-order valence-corrected chi connectivity index (χ2v) is 9.64. The van der Waals surface area contributed by atoms with E-state index in [1.165, 1.54) is 0 Å². The predicted molar refractivity (Wildman–Crippen MR) is 143 cm³/mol. The molecular formula is C27H21N3O3S2. The van der Waals surface area contributed by atoms with E-state index < -0.39 is 5.91 Å². The normalized spacial score (nSPS) is 14.7. The number of amides is 2. The lowest BCUT2D eigenvalue weighted by Crippen LogP contribution is -2.44. The Morgan fingerprint density at radius 1 is 1.03 bits per heavy atom. The summed E-state index contributed by atoms with van der Waals surface area (Å²) >= 11 is 6.53. The van der Waals surface area contributed by atoms with Crippen LogP contribution in [-0.2, 0) is 18.4 Å². The molecule has 8 heteroatoms. The van der Waals surface area contributed by atoms with Crippen molar-refractivity contribution in [3.63, 3.8) is 0 Å². The number of benzene rings is 3. The molecule has 174 valence electrons. The van der Waals surface area contributed by atoms with Gasteiger partial charge in [-0.1, -0.05) is 60.3 Å². The van der Waals surface area contributed by atoms with Crippen molar-refractivity contribution in [3.05, 3.63) is 107 Å². The van der Waals surface area contributed by atoms with Crippen molar-refractivity contribution in [1.82, 2.24) is 15.0 Å². The summed E-state index contributed by atoms with van der Waals surface area (Å²) in [5, 5.41) is 2.16. The van der Waals surface area contributed by atoms with Crippen molar-refractivity contribution < 1.29 is 14.3 Å². The molecule has 5 rings (SSSR count). The SMILES string of the molecule is Cn1cc(/C=C2\SC(=S)N(NC(=O)c3ccc(OCc4ccccc4)cc3)C2=O)c2ccccc21. The zero-order valence-corrected chi connectivity index (χ0v) is 20.4. The Morgan fingerprint density at radius 3 is 2.51 bits per heavy atom. The fourth-order valence-corrected chi connectivity index (χ4v) is 4.97. The van der Waals surface area contributed by atoms with Crippen molar-refractivity contribution in [2.24, 2.45) is 7.05 Å². The average molecular weight is 500 g/mol. The topological polar surface area (TPSA) is 63.6 Å². The zero-order valence-electron chi connectivity index (χ0n) is 18.8. The molecule has 0 bridgehead atoms. The standard InChI is InChI=1S/C27H21N3O3S2/c1-29-16-20(22-9-5-6-10-23(22)29)15-24-26(32)30(27(34)35-24)28-25(31)19-11-13-21(14-12-19)33-17-18-7-3-2-4-8-18/h2-16H,17H2,1H3,(H,28,31)/b24-15-. The summed E-state index contributed by atoms with van der Waals surface area (Å²) < 4.78 is 8.05. The Balaban J connectivity index is 1.26. The van der Waals surface area contributed by atoms with Crippen molar-refractivity contribution in [1.29, 1.82) is 0 Å². The lowest BCUT2D eigenvalue weighted by molar-refractivity contribution is -0.123. The first-order valence-corrected chi connectivity index (χ1v) is 12.1. The van der Waals surface area contributed by atoms with E-state index in [1.807, 2.05) is 78.5 Å². The van der Waals surface area contributed by atoms with Crippen molar-refractivity contribution in [3.8, 4) is 5.75 Å². The Hall–Kier alpha value is -3.88. The summed E-state index contributed by atoms with van der Waals surface area (Å²) in [5.41, 5.74) is 6.06. The number of nitrogens with one attached hydrogen (secondary N) is 1. The van der Waals surface area contributed by atoms with E-state index in [0.29, 0.717) is 22.8 Å². The van der Waals surface area contributed by atoms with Gasteiger partial charge in [-0.2, -0.15) is 5.01 Å². The number of hydrazine groups is 1. The number of hydrogen-bond acceptors (Lipinski definition) is 5. The highest BCUT2D eigenvalue weighted by molar-refractivity contribution is 8.26. The molecule has 1 aromatic heterocycles. The highest BCUT2D eigenvalue weighted by Gasteiger charge is 2.34. The number of thiocarbonyl (C=S) groups is 1. The highest BCUT2D eigenvalue weighted by atomic mass is 32.2. The molecule has 1 aliphatic heterocycles. The van der Waals surface area contributed by atoms with Crippen LogP contribution in [0, 0.1) is 0 Å². The highest BCUT2D eigenvalue weighted by Crippen LogP contribution is 2.33. The van der Waals surface area contributed by atoms with Gasteiger partial charge in [0.25, 0.3) is 11.8 Å². The lowest BCUT2D eigenvalue weighted by Gasteiger charge is -2.15. The second kappa shape index (κ2) is 9.77. The van der Waals surface area contributed by atoms with E-state index in [9.17, 15) is 9.59 Å². The third-order valence-electron chi connectivity index (χ3n) is 5.59. The van der Waals surface area contributed by atoms with Crippen LogP contribution in [-0.4, -0.2) is 25.7 Å². The summed E-state index contributed by atoms with van der Waals surface area (Å²) in [6, 6.07) is 24.6. The molecule has 1 fully saturated rings. The van der Waals surface area contributed by atoms with Gasteiger partial charge in [0.15, 0.2) is 4.32 Å². The Labute approximate surface area is 212 Å². The van der Waals surface area contributed by atoms with Crippen LogP contribution in [0.3, 0.4) is 0 Å². The predicted octanol–water partition coefficient (Wildman–Crippen LogP) is 5.30. The van der Waals surface area contributed by atoms with Crippen LogP contribution in [0.15, 0.2) is 90.0 Å². The van der Waals surface area contributed by atoms with Gasteiger partial charge in [-0.25, -0.2) is 0 Å². The quantitative estimate of drug-likeness (QED) is 0.288. The first-order valence-electron chi connectivity index (χ1n) is 10.9. The van der Waals surface area contributed by atoms with Gasteiger partial charge in [0.1, 0.15) is 12.4 Å². The largest absolute Gasteiger partial charge is 0.489 e. The molecule has 0 atom stereocenters. The number of nitrogens with zero attached hydrogens (tertiary/aromatic N) is 2. The maximum Gasteiger partial charge on any atom is 0.285 e. The van der Waals surface area contributed by atoms with Gasteiger partial charge in [-0.3, -0.25) is 15.0 Å². The minimum absolute atomic E-state index is 0.276. The molecule has 3 aromatic carbocycles. The van der Waals surface area contributed by atoms with Crippen LogP contribution in [0.2, 0.25) is 0 Å². The Kier molecular flexibility index (Phi) is 6.39. The third-order valence-corrected chi connectivity index (χ3v) is 6.89. The van der Waals surface area contributed by atoms with Crippen molar-refractivity contribution in [2.75, 3.05) is 0 Å². The molecule has 0 aliphatic carbocycles. The van der Waals surface area contributed by atoms with Crippen molar-refractivity contribution >= 4 is 57.1 Å². The molecule has 1 N–H and O–H groups in total. The first-order chi connectivity index (χ1) is 17.0. The number of fused-ring (bicyclic) bond motifs is 1. The van der Waals surface area contributed by atoms with Crippen LogP contribution < -0.4 is 10.2 Å². The summed E-state index contributed by atoms with van der Waals surface area (Å²) in [5.74, 6) is -0.138. The molecule has 6 nitrogen and oxygen atoms in total. The number of hydrogen-bond donors (Lipinski definition) is 1. The monoisotopic (exact) mass is 499 g/mol. The fraction of sp³-hybridized carbons (Fsp3) is 0.0741. The minimum atomic E-state index is -0.428. The number of carbonyl (C=O) groups is 2. The van der Waals surface area contributed by atoms with E-state index >= 15 is 0 Å². The zero-order chi connectivity index (χ0) is 24.4. The van der Waals surface area contributed by atoms with Crippen LogP contribution in [0.1, 0.15) is 21.5 Å². The van der Waals surface area contributed by atoms with Crippen LogP contribution in [0.25, 0.3) is 17.0 Å². The Morgan fingerprint density at radius 2 is 1.74 bits per heavy atom. The van der Waals surface area contributed by atoms with Crippen molar-refractivity contribution in [2.45, 2.75) is 6.61 Å². The van der Waals surface area contributed by atoms with Crippen LogP contribution in [0.4, 0.5) is 0 Å². The van der Waals surface area contributed by atoms with Gasteiger partial charge in [0, 0.05) is 35.3 Å². The molecule has 1 aliphatic rings. The maximum absolute atomic E-state index is 13.0. The molecule has 0 unspecified atom stereocenters. The minimum Gasteiger partial charge on any atom is -0.489 e. The van der Waals surface area contributed by atoms with E-state index in [2.05, 4.69) is 5.43 Å². The molecule has 0 radical (unpaired) electrons. The first kappa shape index (κ1) is 22.9. The summed E-state index contributed by atoms with van der Waals surface area (Å²) in [6.07, 6.45) is 3.78. The molecule has 35 heavy (non-hydrogen) atoms. The number of rotatable bonds is 6. The number of ether oxygens (including phenoxy) is 1.